The fraction of sp³-hybridized carbons (Fsp3) is 0.227. The number of carbonyl (C=O) groups is 1. The van der Waals surface area contributed by atoms with Crippen LogP contribution in [-0.4, -0.2) is 41.2 Å². The number of benzene rings is 1. The van der Waals surface area contributed by atoms with E-state index >= 15 is 0 Å². The number of halogens is 3. The van der Waals surface area contributed by atoms with Crippen molar-refractivity contribution >= 4 is 65.6 Å². The summed E-state index contributed by atoms with van der Waals surface area (Å²) in [5, 5.41) is 0.141. The Morgan fingerprint density at radius 3 is 2.77 bits per heavy atom. The lowest BCUT2D eigenvalue weighted by molar-refractivity contribution is -0.121. The van der Waals surface area contributed by atoms with E-state index in [1.165, 1.54) is 21.3 Å². The highest BCUT2D eigenvalue weighted by atomic mass is 35.5. The van der Waals surface area contributed by atoms with Gasteiger partial charge in [-0.15, -0.1) is 11.3 Å². The van der Waals surface area contributed by atoms with Crippen LogP contribution < -0.4 is 4.90 Å². The summed E-state index contributed by atoms with van der Waals surface area (Å²) in [7, 11) is -3.96. The molecular formula is C22H17ClF2N4O3S3. The minimum Gasteiger partial charge on any atom is -0.282 e. The molecule has 182 valence electrons. The van der Waals surface area contributed by atoms with Crippen molar-refractivity contribution in [3.63, 3.8) is 0 Å². The number of amides is 1. The number of sulfonamides is 1. The number of nitrogens with zero attached hydrogens (tertiary/aromatic N) is 4. The Balaban J connectivity index is 1.54. The molecule has 3 aromatic heterocycles. The molecule has 1 saturated heterocycles. The average molecular weight is 555 g/mol. The predicted molar refractivity (Wildman–Crippen MR) is 131 cm³/mol. The van der Waals surface area contributed by atoms with Crippen molar-refractivity contribution in [3.8, 4) is 0 Å². The smallest absolute Gasteiger partial charge is 0.253 e. The molecule has 7 nitrogen and oxygen atoms in total. The number of hydrogen-bond donors (Lipinski definition) is 0. The highest BCUT2D eigenvalue weighted by Crippen LogP contribution is 2.36. The normalized spacial score (nSPS) is 16.7. The summed E-state index contributed by atoms with van der Waals surface area (Å²) in [4.78, 5) is 23.5. The van der Waals surface area contributed by atoms with Crippen LogP contribution in [0.15, 0.2) is 53.0 Å². The maximum absolute atomic E-state index is 14.4. The summed E-state index contributed by atoms with van der Waals surface area (Å²) in [5.74, 6) is -2.09. The molecule has 0 saturated carbocycles. The Morgan fingerprint density at radius 2 is 2.06 bits per heavy atom. The van der Waals surface area contributed by atoms with Gasteiger partial charge in [0.1, 0.15) is 21.6 Å². The molecule has 1 fully saturated rings. The SMILES string of the molecule is O=C(C1CCCN1S(=O)(=O)c1ccc(Cl)s1)N(Cc1cccnc1)c1nc2c(F)cc(F)cc2s1. The predicted octanol–water partition coefficient (Wildman–Crippen LogP) is 5.07. The summed E-state index contributed by atoms with van der Waals surface area (Å²) >= 11 is 7.83. The average Bonchev–Trinajstić information content (AvgIpc) is 3.57. The Morgan fingerprint density at radius 1 is 1.23 bits per heavy atom. The first kappa shape index (κ1) is 24.2. The van der Waals surface area contributed by atoms with Gasteiger partial charge in [-0.1, -0.05) is 29.0 Å². The first-order valence-corrected chi connectivity index (χ1v) is 13.9. The summed E-state index contributed by atoms with van der Waals surface area (Å²) < 4.78 is 56.5. The van der Waals surface area contributed by atoms with Crippen molar-refractivity contribution in [2.24, 2.45) is 0 Å². The molecule has 1 amide bonds. The molecule has 0 N–H and O–H groups in total. The highest BCUT2D eigenvalue weighted by Gasteiger charge is 2.42. The zero-order chi connectivity index (χ0) is 24.7. The van der Waals surface area contributed by atoms with E-state index in [1.54, 1.807) is 24.5 Å². The molecule has 0 aliphatic carbocycles. The molecule has 1 unspecified atom stereocenters. The quantitative estimate of drug-likeness (QED) is 0.332. The van der Waals surface area contributed by atoms with Crippen molar-refractivity contribution in [2.45, 2.75) is 29.6 Å². The maximum Gasteiger partial charge on any atom is 0.253 e. The van der Waals surface area contributed by atoms with Crippen LogP contribution in [0.3, 0.4) is 0 Å². The number of rotatable bonds is 6. The number of carbonyl (C=O) groups excluding carboxylic acids is 1. The molecule has 1 aliphatic rings. The van der Waals surface area contributed by atoms with Crippen LogP contribution in [0, 0.1) is 11.6 Å². The lowest BCUT2D eigenvalue weighted by Gasteiger charge is -2.28. The maximum atomic E-state index is 14.4. The van der Waals surface area contributed by atoms with Gasteiger partial charge >= 0.3 is 0 Å². The lowest BCUT2D eigenvalue weighted by Crippen LogP contribution is -2.47. The van der Waals surface area contributed by atoms with Crippen molar-refractivity contribution in [1.82, 2.24) is 14.3 Å². The van der Waals surface area contributed by atoms with Gasteiger partial charge in [-0.3, -0.25) is 14.7 Å². The largest absolute Gasteiger partial charge is 0.282 e. The van der Waals surface area contributed by atoms with E-state index in [4.69, 9.17) is 11.6 Å². The minimum absolute atomic E-state index is 0.0335. The van der Waals surface area contributed by atoms with Crippen molar-refractivity contribution in [3.05, 3.63) is 70.3 Å². The lowest BCUT2D eigenvalue weighted by atomic mass is 10.2. The second kappa shape index (κ2) is 9.51. The number of thiazole rings is 1. The van der Waals surface area contributed by atoms with Crippen molar-refractivity contribution in [1.29, 1.82) is 0 Å². The van der Waals surface area contributed by atoms with Crippen LogP contribution in [0.1, 0.15) is 18.4 Å². The van der Waals surface area contributed by atoms with Gasteiger partial charge in [0, 0.05) is 25.0 Å². The third-order valence-corrected chi connectivity index (χ3v) is 10.2. The molecule has 0 radical (unpaired) electrons. The fourth-order valence-corrected chi connectivity index (χ4v) is 8.25. The van der Waals surface area contributed by atoms with Crippen LogP contribution in [0.25, 0.3) is 10.2 Å². The molecule has 4 heterocycles. The molecule has 4 aromatic rings. The fourth-order valence-electron chi connectivity index (χ4n) is 3.98. The number of thiophene rings is 1. The summed E-state index contributed by atoms with van der Waals surface area (Å²) in [5.41, 5.74) is 0.615. The van der Waals surface area contributed by atoms with E-state index < -0.39 is 33.6 Å². The summed E-state index contributed by atoms with van der Waals surface area (Å²) in [6.45, 7) is 0.209. The number of fused-ring (bicyclic) bond motifs is 1. The van der Waals surface area contributed by atoms with E-state index in [0.29, 0.717) is 22.7 Å². The Labute approximate surface area is 212 Å². The molecule has 1 atom stereocenters. The third-order valence-electron chi connectivity index (χ3n) is 5.56. The Hall–Kier alpha value is -2.51. The van der Waals surface area contributed by atoms with Gasteiger partial charge < -0.3 is 0 Å². The number of anilines is 1. The van der Waals surface area contributed by atoms with Gasteiger partial charge in [0.15, 0.2) is 10.9 Å². The summed E-state index contributed by atoms with van der Waals surface area (Å²) in [6.07, 6.45) is 3.97. The van der Waals surface area contributed by atoms with Crippen LogP contribution >= 0.6 is 34.3 Å². The van der Waals surface area contributed by atoms with Crippen LogP contribution in [-0.2, 0) is 21.4 Å². The van der Waals surface area contributed by atoms with Gasteiger partial charge in [-0.05, 0) is 42.7 Å². The van der Waals surface area contributed by atoms with Crippen molar-refractivity contribution < 1.29 is 22.0 Å². The Kier molecular flexibility index (Phi) is 6.57. The molecule has 0 bridgehead atoms. The summed E-state index contributed by atoms with van der Waals surface area (Å²) in [6, 6.07) is 7.29. The van der Waals surface area contributed by atoms with Gasteiger partial charge in [0.25, 0.3) is 10.0 Å². The van der Waals surface area contributed by atoms with Gasteiger partial charge in [-0.25, -0.2) is 22.2 Å². The van der Waals surface area contributed by atoms with Crippen LogP contribution in [0.2, 0.25) is 4.34 Å². The van der Waals surface area contributed by atoms with E-state index in [1.807, 2.05) is 0 Å². The van der Waals surface area contributed by atoms with E-state index in [9.17, 15) is 22.0 Å². The first-order valence-electron chi connectivity index (χ1n) is 10.5. The van der Waals surface area contributed by atoms with Gasteiger partial charge in [0.05, 0.1) is 15.6 Å². The third kappa shape index (κ3) is 4.68. The topological polar surface area (TPSA) is 83.5 Å². The van der Waals surface area contributed by atoms with Crippen molar-refractivity contribution in [2.75, 3.05) is 11.4 Å². The van der Waals surface area contributed by atoms with Gasteiger partial charge in [0.2, 0.25) is 5.91 Å². The molecular weight excluding hydrogens is 538 g/mol. The second-order valence-electron chi connectivity index (χ2n) is 7.85. The van der Waals surface area contributed by atoms with E-state index in [-0.39, 0.29) is 32.6 Å². The zero-order valence-electron chi connectivity index (χ0n) is 17.9. The molecule has 13 heteroatoms. The van der Waals surface area contributed by atoms with E-state index in [0.717, 1.165) is 34.8 Å². The van der Waals surface area contributed by atoms with Crippen LogP contribution in [0.4, 0.5) is 13.9 Å². The molecule has 35 heavy (non-hydrogen) atoms. The highest BCUT2D eigenvalue weighted by molar-refractivity contribution is 7.91. The second-order valence-corrected chi connectivity index (χ2v) is 12.7. The van der Waals surface area contributed by atoms with Crippen LogP contribution in [0.5, 0.6) is 0 Å². The monoisotopic (exact) mass is 554 g/mol. The zero-order valence-corrected chi connectivity index (χ0v) is 21.1. The molecule has 1 aromatic carbocycles. The molecule has 5 rings (SSSR count). The van der Waals surface area contributed by atoms with E-state index in [2.05, 4.69) is 9.97 Å². The Bertz CT molecular complexity index is 1510. The molecule has 0 spiro atoms. The number of hydrogen-bond acceptors (Lipinski definition) is 7. The first-order chi connectivity index (χ1) is 16.7. The number of pyridine rings is 1. The minimum atomic E-state index is -3.96. The standard InChI is InChI=1S/C22H17ClF2N4O3S3/c23-18-5-6-19(34-18)35(31,32)29-8-2-4-16(29)21(30)28(12-13-3-1-7-26-11-13)22-27-20-15(25)9-14(24)10-17(20)33-22/h1,3,5-7,9-11,16H,2,4,8,12H2. The number of aromatic nitrogens is 2. The van der Waals surface area contributed by atoms with Gasteiger partial charge in [-0.2, -0.15) is 4.31 Å². The molecule has 1 aliphatic heterocycles.